The van der Waals surface area contributed by atoms with Gasteiger partial charge < -0.3 is 8.92 Å². The fourth-order valence-corrected chi connectivity index (χ4v) is 3.31. The normalized spacial score (nSPS) is 11.0. The van der Waals surface area contributed by atoms with E-state index in [1.807, 2.05) is 0 Å². The summed E-state index contributed by atoms with van der Waals surface area (Å²) in [6.45, 7) is 0. The number of thiazole rings is 1. The summed E-state index contributed by atoms with van der Waals surface area (Å²) in [5, 5.41) is 4.60. The van der Waals surface area contributed by atoms with Gasteiger partial charge in [0, 0.05) is 17.1 Å². The Morgan fingerprint density at radius 2 is 1.81 bits per heavy atom. The van der Waals surface area contributed by atoms with Crippen LogP contribution in [0, 0.1) is 0 Å². The van der Waals surface area contributed by atoms with Crippen molar-refractivity contribution in [2.75, 3.05) is 12.4 Å². The molecule has 0 spiro atoms. The number of nitrogens with zero attached hydrogens (tertiary/aromatic N) is 2. The Kier molecular flexibility index (Phi) is 5.14. The summed E-state index contributed by atoms with van der Waals surface area (Å²) in [6, 6.07) is 8.43. The summed E-state index contributed by atoms with van der Waals surface area (Å²) in [5.74, 6) is 0.138. The van der Waals surface area contributed by atoms with Gasteiger partial charge in [0.05, 0.1) is 13.3 Å². The third-order valence-electron chi connectivity index (χ3n) is 3.18. The van der Waals surface area contributed by atoms with Gasteiger partial charge in [-0.2, -0.15) is 8.42 Å². The Balaban J connectivity index is 1.70. The third-order valence-corrected chi connectivity index (χ3v) is 5.03. The number of benzene rings is 1. The van der Waals surface area contributed by atoms with Crippen LogP contribution in [0.25, 0.3) is 0 Å². The number of pyridine rings is 1. The molecule has 0 aliphatic carbocycles. The number of rotatable bonds is 6. The summed E-state index contributed by atoms with van der Waals surface area (Å²) in [6.07, 6.45) is 2.86. The van der Waals surface area contributed by atoms with Crippen LogP contribution >= 0.6 is 11.3 Å². The monoisotopic (exact) mass is 391 g/mol. The number of nitrogens with one attached hydrogen (secondary N) is 1. The van der Waals surface area contributed by atoms with Crippen LogP contribution in [-0.2, 0) is 10.1 Å². The molecule has 1 aromatic carbocycles. The molecule has 3 rings (SSSR count). The van der Waals surface area contributed by atoms with E-state index in [1.165, 1.54) is 61.0 Å². The van der Waals surface area contributed by atoms with Gasteiger partial charge in [-0.05, 0) is 36.4 Å². The maximum absolute atomic E-state index is 12.2. The van der Waals surface area contributed by atoms with Crippen molar-refractivity contribution < 1.29 is 22.1 Å². The zero-order valence-electron chi connectivity index (χ0n) is 13.4. The van der Waals surface area contributed by atoms with Crippen molar-refractivity contribution >= 4 is 32.5 Å². The van der Waals surface area contributed by atoms with Gasteiger partial charge in [0.2, 0.25) is 0 Å². The Bertz CT molecular complexity index is 985. The first-order valence-corrected chi connectivity index (χ1v) is 9.52. The van der Waals surface area contributed by atoms with E-state index in [9.17, 15) is 13.2 Å². The number of ether oxygens (including phenoxy) is 1. The Morgan fingerprint density at radius 1 is 1.08 bits per heavy atom. The average Bonchev–Trinajstić information content (AvgIpc) is 3.15. The highest BCUT2D eigenvalue weighted by atomic mass is 32.2. The van der Waals surface area contributed by atoms with E-state index >= 15 is 0 Å². The van der Waals surface area contributed by atoms with Crippen molar-refractivity contribution in [1.29, 1.82) is 0 Å². The molecule has 8 nitrogen and oxygen atoms in total. The Morgan fingerprint density at radius 3 is 2.38 bits per heavy atom. The molecule has 0 fully saturated rings. The van der Waals surface area contributed by atoms with Crippen LogP contribution in [0.4, 0.5) is 5.13 Å². The van der Waals surface area contributed by atoms with E-state index in [4.69, 9.17) is 8.92 Å². The molecule has 3 aromatic rings. The van der Waals surface area contributed by atoms with Gasteiger partial charge in [-0.15, -0.1) is 11.3 Å². The fraction of sp³-hybridized carbons (Fsp3) is 0.0625. The lowest BCUT2D eigenvalue weighted by Crippen LogP contribution is -2.13. The first-order valence-electron chi connectivity index (χ1n) is 7.23. The van der Waals surface area contributed by atoms with Crippen LogP contribution in [0.5, 0.6) is 11.5 Å². The summed E-state index contributed by atoms with van der Waals surface area (Å²) in [4.78, 5) is 19.8. The number of methoxy groups -OCH3 is 1. The molecular formula is C16H13N3O5S2. The van der Waals surface area contributed by atoms with Gasteiger partial charge in [-0.3, -0.25) is 10.1 Å². The van der Waals surface area contributed by atoms with Crippen LogP contribution in [0.1, 0.15) is 10.4 Å². The molecule has 1 N–H and O–H groups in total. The molecular weight excluding hydrogens is 378 g/mol. The minimum Gasteiger partial charge on any atom is -0.495 e. The second-order valence-corrected chi connectivity index (χ2v) is 7.28. The van der Waals surface area contributed by atoms with Gasteiger partial charge in [0.25, 0.3) is 5.91 Å². The molecule has 0 bridgehead atoms. The number of hydrogen-bond donors (Lipinski definition) is 1. The maximum Gasteiger partial charge on any atom is 0.356 e. The lowest BCUT2D eigenvalue weighted by atomic mass is 10.2. The van der Waals surface area contributed by atoms with Crippen molar-refractivity contribution in [2.24, 2.45) is 0 Å². The summed E-state index contributed by atoms with van der Waals surface area (Å²) < 4.78 is 34.4. The van der Waals surface area contributed by atoms with E-state index in [2.05, 4.69) is 15.3 Å². The quantitative estimate of drug-likeness (QED) is 0.643. The number of carbonyl (C=O) groups is 1. The minimum atomic E-state index is -4.09. The molecule has 10 heteroatoms. The zero-order valence-corrected chi connectivity index (χ0v) is 15.1. The molecule has 0 saturated carbocycles. The molecule has 2 heterocycles. The first-order chi connectivity index (χ1) is 12.5. The van der Waals surface area contributed by atoms with Crippen LogP contribution in [-0.4, -0.2) is 31.4 Å². The second-order valence-electron chi connectivity index (χ2n) is 4.89. The Labute approximate surface area is 153 Å². The summed E-state index contributed by atoms with van der Waals surface area (Å²) >= 11 is 1.29. The lowest BCUT2D eigenvalue weighted by molar-refractivity contribution is 0.102. The van der Waals surface area contributed by atoms with Crippen LogP contribution in [0.15, 0.2) is 59.2 Å². The lowest BCUT2D eigenvalue weighted by Gasteiger charge is -2.08. The first kappa shape index (κ1) is 17.8. The molecule has 0 saturated heterocycles. The van der Waals surface area contributed by atoms with Gasteiger partial charge in [0.15, 0.2) is 10.2 Å². The number of amides is 1. The second kappa shape index (κ2) is 7.50. The van der Waals surface area contributed by atoms with E-state index in [0.29, 0.717) is 16.4 Å². The van der Waals surface area contributed by atoms with Gasteiger partial charge >= 0.3 is 10.1 Å². The molecule has 0 unspecified atom stereocenters. The van der Waals surface area contributed by atoms with Crippen molar-refractivity contribution in [3.63, 3.8) is 0 Å². The number of carbonyl (C=O) groups excluding carboxylic acids is 1. The predicted molar refractivity (Wildman–Crippen MR) is 95.1 cm³/mol. The topological polar surface area (TPSA) is 107 Å². The zero-order chi connectivity index (χ0) is 18.6. The van der Waals surface area contributed by atoms with E-state index < -0.39 is 10.1 Å². The summed E-state index contributed by atoms with van der Waals surface area (Å²) in [7, 11) is -2.64. The maximum atomic E-state index is 12.2. The van der Waals surface area contributed by atoms with E-state index in [-0.39, 0.29) is 16.7 Å². The van der Waals surface area contributed by atoms with Gasteiger partial charge in [0.1, 0.15) is 11.5 Å². The highest BCUT2D eigenvalue weighted by molar-refractivity contribution is 7.87. The smallest absolute Gasteiger partial charge is 0.356 e. The van der Waals surface area contributed by atoms with Crippen molar-refractivity contribution in [1.82, 2.24) is 9.97 Å². The third kappa shape index (κ3) is 4.16. The SMILES string of the molecule is COc1ccc(S(=O)(=O)Oc2ccc(C(=O)Nc3nccs3)cc2)nc1. The fourth-order valence-electron chi connectivity index (χ4n) is 1.92. The standard InChI is InChI=1S/C16H13N3O5S2/c1-23-13-6-7-14(18-10-13)26(21,22)24-12-4-2-11(3-5-12)15(20)19-16-17-8-9-25-16/h2-10H,1H3,(H,17,19,20). The minimum absolute atomic E-state index is 0.0633. The summed E-state index contributed by atoms with van der Waals surface area (Å²) in [5.41, 5.74) is 0.340. The number of aromatic nitrogens is 2. The Hall–Kier alpha value is -2.98. The average molecular weight is 391 g/mol. The highest BCUT2D eigenvalue weighted by Crippen LogP contribution is 2.20. The molecule has 0 aliphatic rings. The van der Waals surface area contributed by atoms with E-state index in [1.54, 1.807) is 11.6 Å². The number of hydrogen-bond acceptors (Lipinski definition) is 8. The predicted octanol–water partition coefficient (Wildman–Crippen LogP) is 2.57. The largest absolute Gasteiger partial charge is 0.495 e. The highest BCUT2D eigenvalue weighted by Gasteiger charge is 2.19. The van der Waals surface area contributed by atoms with E-state index in [0.717, 1.165) is 0 Å². The number of anilines is 1. The molecule has 0 radical (unpaired) electrons. The molecule has 134 valence electrons. The molecule has 0 aliphatic heterocycles. The van der Waals surface area contributed by atoms with Crippen LogP contribution in [0.2, 0.25) is 0 Å². The van der Waals surface area contributed by atoms with Crippen LogP contribution in [0.3, 0.4) is 0 Å². The molecule has 26 heavy (non-hydrogen) atoms. The van der Waals surface area contributed by atoms with Crippen molar-refractivity contribution in [3.05, 3.63) is 59.7 Å². The van der Waals surface area contributed by atoms with Crippen molar-refractivity contribution in [3.8, 4) is 11.5 Å². The van der Waals surface area contributed by atoms with Crippen LogP contribution < -0.4 is 14.2 Å². The molecule has 1 amide bonds. The van der Waals surface area contributed by atoms with Gasteiger partial charge in [-0.25, -0.2) is 9.97 Å². The molecule has 2 aromatic heterocycles. The van der Waals surface area contributed by atoms with Gasteiger partial charge in [-0.1, -0.05) is 0 Å². The molecule has 0 atom stereocenters. The van der Waals surface area contributed by atoms with Crippen molar-refractivity contribution in [2.45, 2.75) is 5.03 Å².